The fourth-order valence-electron chi connectivity index (χ4n) is 1.60. The maximum absolute atomic E-state index is 12.0. The highest BCUT2D eigenvalue weighted by Crippen LogP contribution is 2.17. The van der Waals surface area contributed by atoms with Crippen molar-refractivity contribution in [1.29, 1.82) is 0 Å². The first-order valence-electron chi connectivity index (χ1n) is 6.16. The van der Waals surface area contributed by atoms with Gasteiger partial charge in [-0.05, 0) is 42.0 Å². The molecule has 5 nitrogen and oxygen atoms in total. The van der Waals surface area contributed by atoms with Crippen LogP contribution in [-0.2, 0) is 6.54 Å². The van der Waals surface area contributed by atoms with Gasteiger partial charge in [0.2, 0.25) is 0 Å². The predicted octanol–water partition coefficient (Wildman–Crippen LogP) is 2.33. The zero-order chi connectivity index (χ0) is 15.2. The van der Waals surface area contributed by atoms with Gasteiger partial charge in [0.15, 0.2) is 5.96 Å². The highest BCUT2D eigenvalue weighted by atomic mass is 35.5. The minimum atomic E-state index is -0.439. The zero-order valence-corrected chi connectivity index (χ0v) is 11.9. The number of hydrogen-bond acceptors (Lipinski definition) is 3. The van der Waals surface area contributed by atoms with Gasteiger partial charge in [-0.3, -0.25) is 0 Å². The van der Waals surface area contributed by atoms with Crippen LogP contribution in [0.5, 0.6) is 5.75 Å². The minimum Gasteiger partial charge on any atom is -0.423 e. The molecule has 0 aliphatic heterocycles. The van der Waals surface area contributed by atoms with Crippen molar-refractivity contribution >= 4 is 23.5 Å². The standard InChI is InChI=1S/C15H14ClN3O2/c16-12-5-7-13(8-6-12)21-14(20)11-3-1-10(2-4-11)9-19-15(17)18/h1-8H,9H2,(H4,17,18,19). The third-order valence-corrected chi connectivity index (χ3v) is 2.91. The van der Waals surface area contributed by atoms with Crippen molar-refractivity contribution in [2.75, 3.05) is 0 Å². The largest absolute Gasteiger partial charge is 0.423 e. The van der Waals surface area contributed by atoms with E-state index in [0.717, 1.165) is 5.56 Å². The molecule has 2 aromatic rings. The number of halogens is 1. The Bertz CT molecular complexity index is 648. The quantitative estimate of drug-likeness (QED) is 0.392. The van der Waals surface area contributed by atoms with E-state index in [0.29, 0.717) is 22.9 Å². The molecule has 21 heavy (non-hydrogen) atoms. The number of nitrogens with two attached hydrogens (primary N) is 2. The first-order chi connectivity index (χ1) is 10.0. The molecule has 2 aromatic carbocycles. The van der Waals surface area contributed by atoms with Crippen LogP contribution in [0.1, 0.15) is 15.9 Å². The van der Waals surface area contributed by atoms with Gasteiger partial charge in [0.05, 0.1) is 12.1 Å². The molecule has 0 aromatic heterocycles. The van der Waals surface area contributed by atoms with E-state index in [1.807, 2.05) is 0 Å². The molecular weight excluding hydrogens is 290 g/mol. The Morgan fingerprint density at radius 3 is 2.24 bits per heavy atom. The highest BCUT2D eigenvalue weighted by Gasteiger charge is 2.08. The van der Waals surface area contributed by atoms with E-state index in [9.17, 15) is 4.79 Å². The van der Waals surface area contributed by atoms with E-state index in [-0.39, 0.29) is 5.96 Å². The number of nitrogens with zero attached hydrogens (tertiary/aromatic N) is 1. The Hall–Kier alpha value is -2.53. The van der Waals surface area contributed by atoms with Gasteiger partial charge >= 0.3 is 5.97 Å². The second-order valence-electron chi connectivity index (χ2n) is 4.28. The molecule has 0 bridgehead atoms. The topological polar surface area (TPSA) is 90.7 Å². The lowest BCUT2D eigenvalue weighted by atomic mass is 10.1. The normalized spacial score (nSPS) is 9.95. The molecule has 6 heteroatoms. The van der Waals surface area contributed by atoms with E-state index < -0.39 is 5.97 Å². The van der Waals surface area contributed by atoms with Crippen LogP contribution in [0.15, 0.2) is 53.5 Å². The summed E-state index contributed by atoms with van der Waals surface area (Å²) >= 11 is 5.77. The van der Waals surface area contributed by atoms with Crippen molar-refractivity contribution in [2.24, 2.45) is 16.5 Å². The smallest absolute Gasteiger partial charge is 0.343 e. The summed E-state index contributed by atoms with van der Waals surface area (Å²) in [6, 6.07) is 13.4. The third kappa shape index (κ3) is 4.50. The van der Waals surface area contributed by atoms with Crippen molar-refractivity contribution in [3.8, 4) is 5.75 Å². The lowest BCUT2D eigenvalue weighted by Crippen LogP contribution is -2.22. The van der Waals surface area contributed by atoms with E-state index in [4.69, 9.17) is 27.8 Å². The first kappa shape index (κ1) is 14.9. The maximum Gasteiger partial charge on any atom is 0.343 e. The second-order valence-corrected chi connectivity index (χ2v) is 4.72. The number of benzene rings is 2. The molecule has 2 rings (SSSR count). The van der Waals surface area contributed by atoms with E-state index in [1.165, 1.54) is 0 Å². The Kier molecular flexibility index (Phi) is 4.79. The van der Waals surface area contributed by atoms with Crippen molar-refractivity contribution in [3.05, 3.63) is 64.7 Å². The van der Waals surface area contributed by atoms with Crippen molar-refractivity contribution in [2.45, 2.75) is 6.54 Å². The van der Waals surface area contributed by atoms with Crippen LogP contribution in [0, 0.1) is 0 Å². The number of rotatable bonds is 4. The van der Waals surface area contributed by atoms with Crippen LogP contribution in [0.4, 0.5) is 0 Å². The highest BCUT2D eigenvalue weighted by molar-refractivity contribution is 6.30. The molecule has 0 atom stereocenters. The number of esters is 1. The molecule has 0 saturated heterocycles. The molecule has 0 spiro atoms. The van der Waals surface area contributed by atoms with E-state index in [1.54, 1.807) is 48.5 Å². The zero-order valence-electron chi connectivity index (χ0n) is 11.1. The molecule has 0 heterocycles. The van der Waals surface area contributed by atoms with Gasteiger partial charge in [-0.2, -0.15) is 0 Å². The molecule has 108 valence electrons. The monoisotopic (exact) mass is 303 g/mol. The molecular formula is C15H14ClN3O2. The number of ether oxygens (including phenoxy) is 1. The van der Waals surface area contributed by atoms with Crippen molar-refractivity contribution < 1.29 is 9.53 Å². The van der Waals surface area contributed by atoms with Gasteiger partial charge in [-0.25, -0.2) is 9.79 Å². The first-order valence-corrected chi connectivity index (χ1v) is 6.54. The summed E-state index contributed by atoms with van der Waals surface area (Å²) in [7, 11) is 0. The fraction of sp³-hybridized carbons (Fsp3) is 0.0667. The average molecular weight is 304 g/mol. The predicted molar refractivity (Wildman–Crippen MR) is 82.4 cm³/mol. The molecule has 0 fully saturated rings. The van der Waals surface area contributed by atoms with Gasteiger partial charge in [-0.1, -0.05) is 23.7 Å². The van der Waals surface area contributed by atoms with Gasteiger partial charge < -0.3 is 16.2 Å². The summed E-state index contributed by atoms with van der Waals surface area (Å²) in [4.78, 5) is 15.8. The van der Waals surface area contributed by atoms with Crippen LogP contribution < -0.4 is 16.2 Å². The van der Waals surface area contributed by atoms with Gasteiger partial charge in [0.25, 0.3) is 0 Å². The summed E-state index contributed by atoms with van der Waals surface area (Å²) < 4.78 is 5.23. The van der Waals surface area contributed by atoms with Crippen LogP contribution in [0.3, 0.4) is 0 Å². The Balaban J connectivity index is 2.02. The molecule has 0 unspecified atom stereocenters. The molecule has 0 radical (unpaired) electrons. The summed E-state index contributed by atoms with van der Waals surface area (Å²) in [5, 5.41) is 0.582. The van der Waals surface area contributed by atoms with Crippen LogP contribution in [0.25, 0.3) is 0 Å². The Morgan fingerprint density at radius 2 is 1.67 bits per heavy atom. The third-order valence-electron chi connectivity index (χ3n) is 2.66. The molecule has 0 amide bonds. The average Bonchev–Trinajstić information content (AvgIpc) is 2.48. The number of guanidine groups is 1. The van der Waals surface area contributed by atoms with Crippen molar-refractivity contribution in [1.82, 2.24) is 0 Å². The fourth-order valence-corrected chi connectivity index (χ4v) is 1.72. The molecule has 0 aliphatic carbocycles. The van der Waals surface area contributed by atoms with Crippen LogP contribution in [0.2, 0.25) is 5.02 Å². The summed E-state index contributed by atoms with van der Waals surface area (Å²) in [5.41, 5.74) is 11.9. The molecule has 4 N–H and O–H groups in total. The van der Waals surface area contributed by atoms with Gasteiger partial charge in [0, 0.05) is 5.02 Å². The molecule has 0 saturated carbocycles. The number of aliphatic imine (C=N–C) groups is 1. The summed E-state index contributed by atoms with van der Waals surface area (Å²) in [6.07, 6.45) is 0. The van der Waals surface area contributed by atoms with Crippen LogP contribution in [-0.4, -0.2) is 11.9 Å². The Labute approximate surface area is 127 Å². The second kappa shape index (κ2) is 6.76. The number of carbonyl (C=O) groups is 1. The van der Waals surface area contributed by atoms with E-state index >= 15 is 0 Å². The van der Waals surface area contributed by atoms with Gasteiger partial charge in [-0.15, -0.1) is 0 Å². The number of carbonyl (C=O) groups excluding carboxylic acids is 1. The molecule has 0 aliphatic rings. The van der Waals surface area contributed by atoms with E-state index in [2.05, 4.69) is 4.99 Å². The minimum absolute atomic E-state index is 0.0289. The van der Waals surface area contributed by atoms with Crippen molar-refractivity contribution in [3.63, 3.8) is 0 Å². The lowest BCUT2D eigenvalue weighted by Gasteiger charge is -2.05. The summed E-state index contributed by atoms with van der Waals surface area (Å²) in [6.45, 7) is 0.370. The van der Waals surface area contributed by atoms with Crippen LogP contribution >= 0.6 is 11.6 Å². The SMILES string of the molecule is NC(N)=NCc1ccc(C(=O)Oc2ccc(Cl)cc2)cc1. The summed E-state index contributed by atoms with van der Waals surface area (Å²) in [5.74, 6) is 0.0286. The van der Waals surface area contributed by atoms with Gasteiger partial charge in [0.1, 0.15) is 5.75 Å². The number of hydrogen-bond donors (Lipinski definition) is 2. The maximum atomic E-state index is 12.0. The lowest BCUT2D eigenvalue weighted by molar-refractivity contribution is 0.0735. The Morgan fingerprint density at radius 1 is 1.05 bits per heavy atom.